The molecule has 1 aromatic heterocycles. The van der Waals surface area contributed by atoms with Crippen LogP contribution in [-0.4, -0.2) is 78.7 Å². The minimum atomic E-state index is -0.120. The molecule has 9 heteroatoms. The molecule has 3 aliphatic rings. The van der Waals surface area contributed by atoms with Crippen LogP contribution in [-0.2, 0) is 13.0 Å². The van der Waals surface area contributed by atoms with Crippen molar-refractivity contribution < 1.29 is 4.79 Å². The third-order valence-corrected chi connectivity index (χ3v) is 6.82. The summed E-state index contributed by atoms with van der Waals surface area (Å²) in [7, 11) is 2.16. The number of carbonyl (C=O) groups is 1. The second-order valence-electron chi connectivity index (χ2n) is 8.87. The van der Waals surface area contributed by atoms with Gasteiger partial charge in [-0.25, -0.2) is 9.78 Å². The van der Waals surface area contributed by atoms with Gasteiger partial charge < -0.3 is 24.9 Å². The topological polar surface area (TPSA) is 67.8 Å². The van der Waals surface area contributed by atoms with Crippen LogP contribution in [0, 0.1) is 0 Å². The summed E-state index contributed by atoms with van der Waals surface area (Å²) in [5.41, 5.74) is 2.88. The van der Waals surface area contributed by atoms with Crippen molar-refractivity contribution in [3.05, 3.63) is 40.5 Å². The van der Waals surface area contributed by atoms with Gasteiger partial charge in [-0.1, -0.05) is 17.7 Å². The average Bonchev–Trinajstić information content (AvgIpc) is 3.34. The lowest BCUT2D eigenvalue weighted by molar-refractivity contribution is 0.206. The molecule has 170 valence electrons. The molecule has 0 unspecified atom stereocenters. The minimum absolute atomic E-state index is 0.120. The molecular weight excluding hydrogens is 426 g/mol. The Hall–Kier alpha value is -2.58. The van der Waals surface area contributed by atoms with Crippen LogP contribution >= 0.6 is 11.6 Å². The van der Waals surface area contributed by atoms with E-state index in [1.807, 2.05) is 17.0 Å². The third kappa shape index (κ3) is 4.47. The molecule has 32 heavy (non-hydrogen) atoms. The Labute approximate surface area is 194 Å². The summed E-state index contributed by atoms with van der Waals surface area (Å²) < 4.78 is 0. The van der Waals surface area contributed by atoms with E-state index in [9.17, 15) is 4.79 Å². The third-order valence-electron chi connectivity index (χ3n) is 6.58. The summed E-state index contributed by atoms with van der Waals surface area (Å²) in [5, 5.41) is 3.58. The summed E-state index contributed by atoms with van der Waals surface area (Å²) in [6.07, 6.45) is 3.13. The molecule has 0 atom stereocenters. The highest BCUT2D eigenvalue weighted by molar-refractivity contribution is 6.30. The van der Waals surface area contributed by atoms with E-state index in [2.05, 4.69) is 27.1 Å². The first-order chi connectivity index (χ1) is 15.6. The lowest BCUT2D eigenvalue weighted by Crippen LogP contribution is -2.46. The number of halogens is 1. The fourth-order valence-corrected chi connectivity index (χ4v) is 4.85. The molecule has 0 saturated carbocycles. The minimum Gasteiger partial charge on any atom is -0.354 e. The normalized spacial score (nSPS) is 19.2. The summed E-state index contributed by atoms with van der Waals surface area (Å²) in [5.74, 6) is 1.86. The maximum Gasteiger partial charge on any atom is 0.322 e. The van der Waals surface area contributed by atoms with Gasteiger partial charge in [0, 0.05) is 68.5 Å². The molecule has 2 saturated heterocycles. The van der Waals surface area contributed by atoms with Crippen LogP contribution in [0.3, 0.4) is 0 Å². The fourth-order valence-electron chi connectivity index (χ4n) is 4.66. The van der Waals surface area contributed by atoms with Gasteiger partial charge in [-0.2, -0.15) is 4.98 Å². The summed E-state index contributed by atoms with van der Waals surface area (Å²) in [6.45, 7) is 7.10. The number of likely N-dealkylation sites (N-methyl/N-ethyl adjacent to an activating group) is 1. The van der Waals surface area contributed by atoms with Crippen molar-refractivity contribution in [2.24, 2.45) is 0 Å². The van der Waals surface area contributed by atoms with E-state index >= 15 is 0 Å². The zero-order chi connectivity index (χ0) is 22.1. The number of nitrogens with zero attached hydrogens (tertiary/aromatic N) is 6. The lowest BCUT2D eigenvalue weighted by atomic mass is 10.1. The van der Waals surface area contributed by atoms with Crippen molar-refractivity contribution in [3.63, 3.8) is 0 Å². The Morgan fingerprint density at radius 2 is 1.78 bits per heavy atom. The zero-order valence-electron chi connectivity index (χ0n) is 18.6. The molecule has 2 fully saturated rings. The number of nitrogens with one attached hydrogen (secondary N) is 1. The zero-order valence-corrected chi connectivity index (χ0v) is 19.3. The van der Waals surface area contributed by atoms with Crippen molar-refractivity contribution in [3.8, 4) is 0 Å². The number of benzene rings is 1. The molecule has 0 radical (unpaired) electrons. The highest BCUT2D eigenvalue weighted by Gasteiger charge is 2.30. The van der Waals surface area contributed by atoms with Gasteiger partial charge in [0.2, 0.25) is 5.95 Å². The van der Waals surface area contributed by atoms with Gasteiger partial charge in [-0.05, 0) is 38.1 Å². The number of urea groups is 1. The molecule has 1 aromatic carbocycles. The van der Waals surface area contributed by atoms with Crippen LogP contribution in [0.15, 0.2) is 24.3 Å². The van der Waals surface area contributed by atoms with Gasteiger partial charge in [0.25, 0.3) is 0 Å². The molecular formula is C23H30ClN7O. The van der Waals surface area contributed by atoms with Crippen LogP contribution in [0.1, 0.15) is 24.1 Å². The average molecular weight is 456 g/mol. The number of amides is 2. The summed E-state index contributed by atoms with van der Waals surface area (Å²) in [4.78, 5) is 31.9. The fraction of sp³-hybridized carbons (Fsp3) is 0.522. The predicted octanol–water partition coefficient (Wildman–Crippen LogP) is 3.07. The standard InChI is InChI=1S/C23H30ClN7O/c1-28-11-13-29(14-12-28)21-19-16-31(23(32)25-18-6-4-5-17(24)15-18)10-7-20(19)26-22(27-21)30-8-2-3-9-30/h4-6,15H,2-3,7-14,16H2,1H3,(H,25,32). The number of piperazine rings is 1. The second kappa shape index (κ2) is 9.11. The number of fused-ring (bicyclic) bond motifs is 1. The van der Waals surface area contributed by atoms with E-state index in [-0.39, 0.29) is 6.03 Å². The van der Waals surface area contributed by atoms with Gasteiger partial charge in [0.15, 0.2) is 0 Å². The largest absolute Gasteiger partial charge is 0.354 e. The van der Waals surface area contributed by atoms with Gasteiger partial charge in [-0.15, -0.1) is 0 Å². The molecule has 2 aromatic rings. The van der Waals surface area contributed by atoms with Crippen molar-refractivity contribution >= 4 is 35.1 Å². The Balaban J connectivity index is 1.41. The highest BCUT2D eigenvalue weighted by atomic mass is 35.5. The molecule has 0 bridgehead atoms. The van der Waals surface area contributed by atoms with Crippen molar-refractivity contribution in [2.75, 3.05) is 68.0 Å². The highest BCUT2D eigenvalue weighted by Crippen LogP contribution is 2.31. The first-order valence-corrected chi connectivity index (χ1v) is 11.8. The molecule has 4 heterocycles. The van der Waals surface area contributed by atoms with Crippen LogP contribution in [0.4, 0.5) is 22.2 Å². The number of hydrogen-bond acceptors (Lipinski definition) is 6. The Bertz CT molecular complexity index is 986. The van der Waals surface area contributed by atoms with Crippen LogP contribution < -0.4 is 15.1 Å². The molecule has 2 amide bonds. The Kier molecular flexibility index (Phi) is 6.06. The van der Waals surface area contributed by atoms with E-state index in [1.54, 1.807) is 12.1 Å². The molecule has 1 N–H and O–H groups in total. The first-order valence-electron chi connectivity index (χ1n) is 11.5. The predicted molar refractivity (Wildman–Crippen MR) is 128 cm³/mol. The number of anilines is 3. The van der Waals surface area contributed by atoms with Crippen LogP contribution in [0.5, 0.6) is 0 Å². The molecule has 5 rings (SSSR count). The molecule has 0 aliphatic carbocycles. The maximum atomic E-state index is 13.0. The molecule has 0 spiro atoms. The van der Waals surface area contributed by atoms with Gasteiger partial charge in [0.1, 0.15) is 5.82 Å². The molecule has 3 aliphatic heterocycles. The van der Waals surface area contributed by atoms with E-state index in [4.69, 9.17) is 21.6 Å². The van der Waals surface area contributed by atoms with E-state index in [0.717, 1.165) is 68.7 Å². The van der Waals surface area contributed by atoms with E-state index in [0.29, 0.717) is 23.8 Å². The van der Waals surface area contributed by atoms with Crippen LogP contribution in [0.2, 0.25) is 5.02 Å². The van der Waals surface area contributed by atoms with Gasteiger partial charge in [0.05, 0.1) is 12.2 Å². The second-order valence-corrected chi connectivity index (χ2v) is 9.31. The van der Waals surface area contributed by atoms with E-state index < -0.39 is 0 Å². The Morgan fingerprint density at radius 3 is 2.53 bits per heavy atom. The van der Waals surface area contributed by atoms with Gasteiger partial charge >= 0.3 is 6.03 Å². The smallest absolute Gasteiger partial charge is 0.322 e. The van der Waals surface area contributed by atoms with Crippen molar-refractivity contribution in [1.29, 1.82) is 0 Å². The number of rotatable bonds is 3. The lowest BCUT2D eigenvalue weighted by Gasteiger charge is -2.37. The summed E-state index contributed by atoms with van der Waals surface area (Å²) >= 11 is 6.07. The first kappa shape index (κ1) is 21.3. The number of carbonyl (C=O) groups excluding carboxylic acids is 1. The van der Waals surface area contributed by atoms with Gasteiger partial charge in [-0.3, -0.25) is 0 Å². The SMILES string of the molecule is CN1CCN(c2nc(N3CCCC3)nc3c2CN(C(=O)Nc2cccc(Cl)c2)CC3)CC1. The molecule has 8 nitrogen and oxygen atoms in total. The van der Waals surface area contributed by atoms with Crippen molar-refractivity contribution in [2.45, 2.75) is 25.8 Å². The summed E-state index contributed by atoms with van der Waals surface area (Å²) in [6, 6.07) is 7.13. The number of hydrogen-bond donors (Lipinski definition) is 1. The van der Waals surface area contributed by atoms with E-state index in [1.165, 1.54) is 12.8 Å². The number of aromatic nitrogens is 2. The monoisotopic (exact) mass is 455 g/mol. The van der Waals surface area contributed by atoms with Crippen LogP contribution in [0.25, 0.3) is 0 Å². The van der Waals surface area contributed by atoms with Crippen molar-refractivity contribution in [1.82, 2.24) is 19.8 Å². The quantitative estimate of drug-likeness (QED) is 0.767. The maximum absolute atomic E-state index is 13.0. The Morgan fingerprint density at radius 1 is 1.00 bits per heavy atom.